The van der Waals surface area contributed by atoms with Gasteiger partial charge in [0.1, 0.15) is 0 Å². The van der Waals surface area contributed by atoms with Gasteiger partial charge in [-0.05, 0) is 25.0 Å². The van der Waals surface area contributed by atoms with Crippen LogP contribution in [0, 0.1) is 12.8 Å². The number of hydrogen-bond donors (Lipinski definition) is 1. The van der Waals surface area contributed by atoms with Crippen molar-refractivity contribution in [2.24, 2.45) is 5.92 Å². The Morgan fingerprint density at radius 3 is 2.71 bits per heavy atom. The van der Waals surface area contributed by atoms with Gasteiger partial charge in [0.15, 0.2) is 5.82 Å². The Labute approximate surface area is 170 Å². The molecule has 1 saturated heterocycles. The minimum Gasteiger partial charge on any atom is -0.379 e. The Morgan fingerprint density at radius 2 is 2.04 bits per heavy atom. The van der Waals surface area contributed by atoms with Gasteiger partial charge >= 0.3 is 0 Å². The molecule has 152 valence electrons. The van der Waals surface area contributed by atoms with Crippen molar-refractivity contribution in [2.45, 2.75) is 37.5 Å². The van der Waals surface area contributed by atoms with E-state index in [1.807, 2.05) is 24.3 Å². The molecule has 0 radical (unpaired) electrons. The first kappa shape index (κ1) is 20.8. The van der Waals surface area contributed by atoms with Crippen LogP contribution < -0.4 is 5.32 Å². The number of carbonyl (C=O) groups is 1. The van der Waals surface area contributed by atoms with Gasteiger partial charge in [0.25, 0.3) is 5.91 Å². The lowest BCUT2D eigenvalue weighted by Crippen LogP contribution is -2.51. The van der Waals surface area contributed by atoms with Crippen LogP contribution in [0.2, 0.25) is 0 Å². The highest BCUT2D eigenvalue weighted by atomic mass is 32.2. The number of aryl methyl sites for hydroxylation is 1. The largest absolute Gasteiger partial charge is 0.379 e. The van der Waals surface area contributed by atoms with Crippen molar-refractivity contribution in [3.8, 4) is 0 Å². The summed E-state index contributed by atoms with van der Waals surface area (Å²) in [5.74, 6) is 2.11. The van der Waals surface area contributed by atoms with Gasteiger partial charge in [-0.3, -0.25) is 9.69 Å². The van der Waals surface area contributed by atoms with Gasteiger partial charge in [-0.25, -0.2) is 0 Å². The summed E-state index contributed by atoms with van der Waals surface area (Å²) < 4.78 is 10.6. The quantitative estimate of drug-likeness (QED) is 0.678. The van der Waals surface area contributed by atoms with Crippen molar-refractivity contribution in [3.63, 3.8) is 0 Å². The SMILES string of the molecule is Cc1noc(CSc2ccccc2C(=O)NCC(C(C)C)N2CCOCC2)n1. The highest BCUT2D eigenvalue weighted by molar-refractivity contribution is 7.98. The van der Waals surface area contributed by atoms with Gasteiger partial charge in [-0.1, -0.05) is 31.1 Å². The van der Waals surface area contributed by atoms with Gasteiger partial charge in [0, 0.05) is 30.6 Å². The molecule has 1 atom stereocenters. The third-order valence-corrected chi connectivity index (χ3v) is 5.87. The molecule has 2 heterocycles. The average Bonchev–Trinajstić information content (AvgIpc) is 3.12. The van der Waals surface area contributed by atoms with Crippen LogP contribution in [0.3, 0.4) is 0 Å². The highest BCUT2D eigenvalue weighted by Crippen LogP contribution is 2.26. The predicted octanol–water partition coefficient (Wildman–Crippen LogP) is 2.76. The maximum Gasteiger partial charge on any atom is 0.252 e. The van der Waals surface area contributed by atoms with Gasteiger partial charge in [-0.15, -0.1) is 11.8 Å². The lowest BCUT2D eigenvalue weighted by Gasteiger charge is -2.37. The fraction of sp³-hybridized carbons (Fsp3) is 0.550. The number of benzene rings is 1. The molecule has 1 amide bonds. The molecular weight excluding hydrogens is 376 g/mol. The number of hydrogen-bond acceptors (Lipinski definition) is 7. The van der Waals surface area contributed by atoms with Crippen molar-refractivity contribution in [1.29, 1.82) is 0 Å². The zero-order valence-corrected chi connectivity index (χ0v) is 17.5. The molecule has 1 aliphatic heterocycles. The number of ether oxygens (including phenoxy) is 1. The van der Waals surface area contributed by atoms with Crippen molar-refractivity contribution < 1.29 is 14.1 Å². The average molecular weight is 405 g/mol. The van der Waals surface area contributed by atoms with E-state index >= 15 is 0 Å². The van der Waals surface area contributed by atoms with E-state index in [0.29, 0.717) is 41.5 Å². The Bertz CT molecular complexity index is 774. The van der Waals surface area contributed by atoms with Gasteiger partial charge < -0.3 is 14.6 Å². The van der Waals surface area contributed by atoms with Crippen LogP contribution in [0.1, 0.15) is 35.9 Å². The highest BCUT2D eigenvalue weighted by Gasteiger charge is 2.24. The first-order valence-corrected chi connectivity index (χ1v) is 10.6. The first-order chi connectivity index (χ1) is 13.5. The number of rotatable bonds is 8. The lowest BCUT2D eigenvalue weighted by molar-refractivity contribution is 0.00672. The smallest absolute Gasteiger partial charge is 0.252 e. The molecule has 3 rings (SSSR count). The summed E-state index contributed by atoms with van der Waals surface area (Å²) in [6.07, 6.45) is 0. The van der Waals surface area contributed by atoms with Crippen molar-refractivity contribution in [1.82, 2.24) is 20.4 Å². The predicted molar refractivity (Wildman–Crippen MR) is 108 cm³/mol. The van der Waals surface area contributed by atoms with E-state index in [-0.39, 0.29) is 5.91 Å². The minimum absolute atomic E-state index is 0.0521. The molecule has 28 heavy (non-hydrogen) atoms. The molecule has 2 aromatic rings. The maximum absolute atomic E-state index is 12.9. The van der Waals surface area contributed by atoms with E-state index in [1.54, 1.807) is 6.92 Å². The van der Waals surface area contributed by atoms with Crippen LogP contribution in [0.5, 0.6) is 0 Å². The molecule has 1 aromatic carbocycles. The zero-order valence-electron chi connectivity index (χ0n) is 16.7. The number of carbonyl (C=O) groups excluding carboxylic acids is 1. The van der Waals surface area contributed by atoms with Crippen LogP contribution in [0.15, 0.2) is 33.7 Å². The Hall–Kier alpha value is -1.90. The fourth-order valence-corrected chi connectivity index (χ4v) is 4.19. The molecule has 0 aliphatic carbocycles. The van der Waals surface area contributed by atoms with Gasteiger partial charge in [-0.2, -0.15) is 4.98 Å². The Morgan fingerprint density at radius 1 is 1.29 bits per heavy atom. The second kappa shape index (κ2) is 10.0. The van der Waals surface area contributed by atoms with E-state index in [4.69, 9.17) is 9.26 Å². The monoisotopic (exact) mass is 404 g/mol. The zero-order chi connectivity index (χ0) is 19.9. The minimum atomic E-state index is -0.0521. The molecule has 0 bridgehead atoms. The molecule has 0 saturated carbocycles. The number of nitrogens with zero attached hydrogens (tertiary/aromatic N) is 3. The van der Waals surface area contributed by atoms with Crippen LogP contribution in [0.4, 0.5) is 0 Å². The van der Waals surface area contributed by atoms with Gasteiger partial charge in [0.2, 0.25) is 5.89 Å². The van der Waals surface area contributed by atoms with Crippen LogP contribution in [-0.4, -0.2) is 59.8 Å². The number of aromatic nitrogens is 2. The third kappa shape index (κ3) is 5.56. The lowest BCUT2D eigenvalue weighted by atomic mass is 10.0. The number of nitrogens with one attached hydrogen (secondary N) is 1. The first-order valence-electron chi connectivity index (χ1n) is 9.65. The summed E-state index contributed by atoms with van der Waals surface area (Å²) in [7, 11) is 0. The Kier molecular flexibility index (Phi) is 7.47. The van der Waals surface area contributed by atoms with Crippen molar-refractivity contribution in [2.75, 3.05) is 32.8 Å². The normalized spacial score (nSPS) is 16.3. The van der Waals surface area contributed by atoms with E-state index in [2.05, 4.69) is 34.2 Å². The van der Waals surface area contributed by atoms with Crippen LogP contribution in [0.25, 0.3) is 0 Å². The van der Waals surface area contributed by atoms with E-state index < -0.39 is 0 Å². The second-order valence-corrected chi connectivity index (χ2v) is 8.21. The topological polar surface area (TPSA) is 80.5 Å². The maximum atomic E-state index is 12.9. The molecule has 8 heteroatoms. The van der Waals surface area contributed by atoms with Gasteiger partial charge in [0.05, 0.1) is 24.5 Å². The van der Waals surface area contributed by atoms with Crippen LogP contribution in [-0.2, 0) is 10.5 Å². The van der Waals surface area contributed by atoms with Crippen LogP contribution >= 0.6 is 11.8 Å². The molecule has 1 aromatic heterocycles. The van der Waals surface area contributed by atoms with Crippen molar-refractivity contribution >= 4 is 17.7 Å². The standard InChI is InChI=1S/C20H28N4O3S/c1-14(2)17(24-8-10-26-11-9-24)12-21-20(25)16-6-4-5-7-18(16)28-13-19-22-15(3)23-27-19/h4-7,14,17H,8-13H2,1-3H3,(H,21,25). The molecule has 1 fully saturated rings. The summed E-state index contributed by atoms with van der Waals surface area (Å²) in [5.41, 5.74) is 0.674. The molecule has 1 N–H and O–H groups in total. The number of thioether (sulfide) groups is 1. The number of morpholine rings is 1. The summed E-state index contributed by atoms with van der Waals surface area (Å²) in [6.45, 7) is 10.1. The number of amides is 1. The molecular formula is C20H28N4O3S. The molecule has 1 aliphatic rings. The van der Waals surface area contributed by atoms with E-state index in [1.165, 1.54) is 11.8 Å². The third-order valence-electron chi connectivity index (χ3n) is 4.81. The summed E-state index contributed by atoms with van der Waals surface area (Å²) in [6, 6.07) is 7.93. The summed E-state index contributed by atoms with van der Waals surface area (Å²) in [5, 5.41) is 6.94. The summed E-state index contributed by atoms with van der Waals surface area (Å²) >= 11 is 1.53. The second-order valence-electron chi connectivity index (χ2n) is 7.19. The molecule has 0 spiro atoms. The Balaban J connectivity index is 1.61. The van der Waals surface area contributed by atoms with Crippen molar-refractivity contribution in [3.05, 3.63) is 41.5 Å². The van der Waals surface area contributed by atoms with E-state index in [0.717, 1.165) is 31.2 Å². The van der Waals surface area contributed by atoms with E-state index in [9.17, 15) is 4.79 Å². The molecule has 7 nitrogen and oxygen atoms in total. The summed E-state index contributed by atoms with van der Waals surface area (Å²) in [4.78, 5) is 20.4. The fourth-order valence-electron chi connectivity index (χ4n) is 3.31. The molecule has 1 unspecified atom stereocenters.